The first-order chi connectivity index (χ1) is 11.6. The van der Waals surface area contributed by atoms with Crippen LogP contribution in [0.1, 0.15) is 30.0 Å². The van der Waals surface area contributed by atoms with E-state index >= 15 is 0 Å². The second-order valence-electron chi connectivity index (χ2n) is 5.90. The molecule has 3 rings (SSSR count). The lowest BCUT2D eigenvalue weighted by Gasteiger charge is -2.25. The lowest BCUT2D eigenvalue weighted by atomic mass is 10.0. The molecule has 1 fully saturated rings. The van der Waals surface area contributed by atoms with Crippen LogP contribution in [0.15, 0.2) is 42.5 Å². The Balaban J connectivity index is 1.78. The SMILES string of the molecule is COc1ccc([C@@H]2CCCN2C(=O)Cc2c(F)cccc2Cl)cc1. The van der Waals surface area contributed by atoms with Gasteiger partial charge in [0.05, 0.1) is 19.6 Å². The fourth-order valence-corrected chi connectivity index (χ4v) is 3.42. The van der Waals surface area contributed by atoms with Crippen molar-refractivity contribution in [3.8, 4) is 5.75 Å². The fourth-order valence-electron chi connectivity index (χ4n) is 3.19. The average molecular weight is 348 g/mol. The lowest BCUT2D eigenvalue weighted by molar-refractivity contribution is -0.131. The zero-order valence-electron chi connectivity index (χ0n) is 13.5. The van der Waals surface area contributed by atoms with Crippen LogP contribution < -0.4 is 4.74 Å². The molecule has 0 aromatic heterocycles. The lowest BCUT2D eigenvalue weighted by Crippen LogP contribution is -2.32. The molecule has 24 heavy (non-hydrogen) atoms. The van der Waals surface area contributed by atoms with Gasteiger partial charge >= 0.3 is 0 Å². The monoisotopic (exact) mass is 347 g/mol. The predicted octanol–water partition coefficient (Wildman–Crippen LogP) is 4.39. The van der Waals surface area contributed by atoms with Crippen molar-refractivity contribution in [2.24, 2.45) is 0 Å². The molecule has 1 aliphatic rings. The highest BCUT2D eigenvalue weighted by atomic mass is 35.5. The van der Waals surface area contributed by atoms with E-state index in [1.54, 1.807) is 19.2 Å². The highest BCUT2D eigenvalue weighted by Crippen LogP contribution is 2.33. The molecular formula is C19H19ClFNO2. The first-order valence-corrected chi connectivity index (χ1v) is 8.34. The number of amides is 1. The third kappa shape index (κ3) is 3.39. The summed E-state index contributed by atoms with van der Waals surface area (Å²) in [6.45, 7) is 0.682. The van der Waals surface area contributed by atoms with Crippen molar-refractivity contribution in [1.29, 1.82) is 0 Å². The van der Waals surface area contributed by atoms with Gasteiger partial charge < -0.3 is 9.64 Å². The molecule has 5 heteroatoms. The van der Waals surface area contributed by atoms with Crippen molar-refractivity contribution in [3.05, 3.63) is 64.4 Å². The van der Waals surface area contributed by atoms with Crippen LogP contribution >= 0.6 is 11.6 Å². The number of likely N-dealkylation sites (tertiary alicyclic amines) is 1. The summed E-state index contributed by atoms with van der Waals surface area (Å²) < 4.78 is 19.1. The maximum atomic E-state index is 13.9. The van der Waals surface area contributed by atoms with Crippen LogP contribution in [0.5, 0.6) is 5.75 Å². The number of methoxy groups -OCH3 is 1. The summed E-state index contributed by atoms with van der Waals surface area (Å²) in [5, 5.41) is 0.295. The Morgan fingerprint density at radius 2 is 2.04 bits per heavy atom. The second kappa shape index (κ2) is 7.22. The molecule has 0 N–H and O–H groups in total. The predicted molar refractivity (Wildman–Crippen MR) is 91.8 cm³/mol. The van der Waals surface area contributed by atoms with Crippen molar-refractivity contribution in [1.82, 2.24) is 4.90 Å². The summed E-state index contributed by atoms with van der Waals surface area (Å²) in [5.41, 5.74) is 1.34. The number of hydrogen-bond donors (Lipinski definition) is 0. The van der Waals surface area contributed by atoms with E-state index in [4.69, 9.17) is 16.3 Å². The Morgan fingerprint density at radius 3 is 2.71 bits per heavy atom. The van der Waals surface area contributed by atoms with Crippen molar-refractivity contribution < 1.29 is 13.9 Å². The van der Waals surface area contributed by atoms with Crippen LogP contribution in [0.3, 0.4) is 0 Å². The smallest absolute Gasteiger partial charge is 0.227 e. The van der Waals surface area contributed by atoms with E-state index in [1.807, 2.05) is 29.2 Å². The third-order valence-corrected chi connectivity index (χ3v) is 4.82. The highest BCUT2D eigenvalue weighted by molar-refractivity contribution is 6.31. The molecule has 2 aromatic rings. The quantitative estimate of drug-likeness (QED) is 0.820. The second-order valence-corrected chi connectivity index (χ2v) is 6.30. The molecule has 0 bridgehead atoms. The van der Waals surface area contributed by atoms with Gasteiger partial charge in [-0.25, -0.2) is 4.39 Å². The molecule has 2 aromatic carbocycles. The number of halogens is 2. The van der Waals surface area contributed by atoms with Crippen LogP contribution in [-0.4, -0.2) is 24.5 Å². The molecule has 126 valence electrons. The van der Waals surface area contributed by atoms with Crippen LogP contribution in [-0.2, 0) is 11.2 Å². The van der Waals surface area contributed by atoms with E-state index in [-0.39, 0.29) is 23.9 Å². The highest BCUT2D eigenvalue weighted by Gasteiger charge is 2.30. The minimum atomic E-state index is -0.434. The van der Waals surface area contributed by atoms with Gasteiger partial charge in [0.2, 0.25) is 5.91 Å². The molecule has 0 unspecified atom stereocenters. The Hall–Kier alpha value is -2.07. The molecule has 0 radical (unpaired) electrons. The molecule has 3 nitrogen and oxygen atoms in total. The minimum Gasteiger partial charge on any atom is -0.497 e. The summed E-state index contributed by atoms with van der Waals surface area (Å²) in [7, 11) is 1.62. The van der Waals surface area contributed by atoms with Crippen molar-refractivity contribution >= 4 is 17.5 Å². The number of carbonyl (C=O) groups is 1. The van der Waals surface area contributed by atoms with Gasteiger partial charge in [-0.3, -0.25) is 4.79 Å². The van der Waals surface area contributed by atoms with E-state index in [0.29, 0.717) is 11.6 Å². The largest absolute Gasteiger partial charge is 0.497 e. The topological polar surface area (TPSA) is 29.5 Å². The van der Waals surface area contributed by atoms with E-state index in [0.717, 1.165) is 24.2 Å². The Bertz CT molecular complexity index is 712. The minimum absolute atomic E-state index is 0.0157. The maximum Gasteiger partial charge on any atom is 0.227 e. The standard InChI is InChI=1S/C19H19ClFNO2/c1-24-14-9-7-13(8-10-14)18-6-3-11-22(18)19(23)12-15-16(20)4-2-5-17(15)21/h2,4-5,7-10,18H,3,6,11-12H2,1H3/t18-/m0/s1. The van der Waals surface area contributed by atoms with E-state index in [9.17, 15) is 9.18 Å². The first kappa shape index (κ1) is 16.8. The molecule has 0 spiro atoms. The average Bonchev–Trinajstić information content (AvgIpc) is 3.08. The van der Waals surface area contributed by atoms with Gasteiger partial charge in [-0.05, 0) is 42.7 Å². The third-order valence-electron chi connectivity index (χ3n) is 4.46. The number of hydrogen-bond acceptors (Lipinski definition) is 2. The van der Waals surface area contributed by atoms with E-state index in [2.05, 4.69) is 0 Å². The fraction of sp³-hybridized carbons (Fsp3) is 0.316. The van der Waals surface area contributed by atoms with Crippen LogP contribution in [0.2, 0.25) is 5.02 Å². The van der Waals surface area contributed by atoms with Crippen molar-refractivity contribution in [2.75, 3.05) is 13.7 Å². The van der Waals surface area contributed by atoms with Crippen LogP contribution in [0.25, 0.3) is 0 Å². The number of nitrogens with zero attached hydrogens (tertiary/aromatic N) is 1. The molecule has 0 aliphatic carbocycles. The maximum absolute atomic E-state index is 13.9. The summed E-state index contributed by atoms with van der Waals surface area (Å²) in [6.07, 6.45) is 1.83. The zero-order valence-corrected chi connectivity index (χ0v) is 14.2. The first-order valence-electron chi connectivity index (χ1n) is 7.96. The molecular weight excluding hydrogens is 329 g/mol. The number of ether oxygens (including phenoxy) is 1. The summed E-state index contributed by atoms with van der Waals surface area (Å²) in [4.78, 5) is 14.5. The van der Waals surface area contributed by atoms with Gasteiger partial charge in [-0.1, -0.05) is 29.8 Å². The van der Waals surface area contributed by atoms with Gasteiger partial charge in [-0.2, -0.15) is 0 Å². The van der Waals surface area contributed by atoms with Crippen molar-refractivity contribution in [2.45, 2.75) is 25.3 Å². The van der Waals surface area contributed by atoms with Crippen LogP contribution in [0.4, 0.5) is 4.39 Å². The summed E-state index contributed by atoms with van der Waals surface area (Å²) in [5.74, 6) is 0.254. The molecule has 1 saturated heterocycles. The Morgan fingerprint density at radius 1 is 1.29 bits per heavy atom. The molecule has 1 atom stereocenters. The number of rotatable bonds is 4. The molecule has 1 amide bonds. The van der Waals surface area contributed by atoms with Gasteiger partial charge in [0.1, 0.15) is 11.6 Å². The Labute approximate surface area is 146 Å². The van der Waals surface area contributed by atoms with Gasteiger partial charge in [-0.15, -0.1) is 0 Å². The molecule has 1 heterocycles. The Kier molecular flexibility index (Phi) is 5.05. The molecule has 0 saturated carbocycles. The van der Waals surface area contributed by atoms with Crippen LogP contribution in [0, 0.1) is 5.82 Å². The van der Waals surface area contributed by atoms with Gasteiger partial charge in [0.25, 0.3) is 0 Å². The van der Waals surface area contributed by atoms with Gasteiger partial charge in [0.15, 0.2) is 0 Å². The summed E-state index contributed by atoms with van der Waals surface area (Å²) in [6, 6.07) is 12.2. The number of benzene rings is 2. The van der Waals surface area contributed by atoms with E-state index < -0.39 is 5.82 Å². The van der Waals surface area contributed by atoms with Crippen molar-refractivity contribution in [3.63, 3.8) is 0 Å². The molecule has 1 aliphatic heterocycles. The zero-order chi connectivity index (χ0) is 17.1. The van der Waals surface area contributed by atoms with Gasteiger partial charge in [0, 0.05) is 17.1 Å². The normalized spacial score (nSPS) is 17.1. The number of carbonyl (C=O) groups excluding carboxylic acids is 1. The summed E-state index contributed by atoms with van der Waals surface area (Å²) >= 11 is 6.04. The van der Waals surface area contributed by atoms with E-state index in [1.165, 1.54) is 6.07 Å².